The Morgan fingerprint density at radius 2 is 1.72 bits per heavy atom. The van der Waals surface area contributed by atoms with Crippen molar-refractivity contribution >= 4 is 12.0 Å². The van der Waals surface area contributed by atoms with Crippen molar-refractivity contribution in [1.82, 2.24) is 10.4 Å². The SMILES string of the molecule is CON(C)C(=O)[C@@H](Cc1cc(F)c(F)cc1F)NC(=O)OC(C)(C)C. The molecule has 0 aliphatic rings. The number of ether oxygens (including phenoxy) is 1. The van der Waals surface area contributed by atoms with E-state index in [1.54, 1.807) is 20.8 Å². The molecule has 140 valence electrons. The number of hydrogen-bond donors (Lipinski definition) is 1. The van der Waals surface area contributed by atoms with Gasteiger partial charge >= 0.3 is 6.09 Å². The van der Waals surface area contributed by atoms with E-state index in [4.69, 9.17) is 9.57 Å². The molecule has 1 N–H and O–H groups in total. The van der Waals surface area contributed by atoms with E-state index in [1.165, 1.54) is 14.2 Å². The van der Waals surface area contributed by atoms with Crippen LogP contribution in [-0.2, 0) is 20.8 Å². The number of nitrogens with one attached hydrogen (secondary N) is 1. The first-order valence-corrected chi connectivity index (χ1v) is 7.39. The number of carbonyl (C=O) groups excluding carboxylic acids is 2. The summed E-state index contributed by atoms with van der Waals surface area (Å²) in [6.07, 6.45) is -1.34. The lowest BCUT2D eigenvalue weighted by Crippen LogP contribution is -2.49. The van der Waals surface area contributed by atoms with Gasteiger partial charge in [-0.2, -0.15) is 0 Å². The summed E-state index contributed by atoms with van der Waals surface area (Å²) in [6.45, 7) is 4.87. The predicted octanol–water partition coefficient (Wildman–Crippen LogP) is 2.56. The van der Waals surface area contributed by atoms with Gasteiger partial charge in [0.15, 0.2) is 11.6 Å². The van der Waals surface area contributed by atoms with Gasteiger partial charge in [0, 0.05) is 19.5 Å². The van der Waals surface area contributed by atoms with E-state index in [-0.39, 0.29) is 5.56 Å². The Hall–Kier alpha value is -2.29. The molecule has 0 aliphatic heterocycles. The smallest absolute Gasteiger partial charge is 0.408 e. The van der Waals surface area contributed by atoms with Gasteiger partial charge < -0.3 is 10.1 Å². The topological polar surface area (TPSA) is 67.9 Å². The summed E-state index contributed by atoms with van der Waals surface area (Å²) < 4.78 is 45.3. The van der Waals surface area contributed by atoms with Crippen LogP contribution in [0.5, 0.6) is 0 Å². The highest BCUT2D eigenvalue weighted by atomic mass is 19.2. The number of alkyl carbamates (subject to hydrolysis) is 1. The van der Waals surface area contributed by atoms with Gasteiger partial charge in [-0.1, -0.05) is 0 Å². The molecule has 0 unspecified atom stereocenters. The van der Waals surface area contributed by atoms with Crippen LogP contribution in [0, 0.1) is 17.5 Å². The monoisotopic (exact) mass is 362 g/mol. The summed E-state index contributed by atoms with van der Waals surface area (Å²) in [6, 6.07) is -0.298. The molecule has 1 rings (SSSR count). The van der Waals surface area contributed by atoms with Gasteiger partial charge in [-0.05, 0) is 32.4 Å². The standard InChI is InChI=1S/C16H21F3N2O4/c1-16(2,3)25-15(23)20-13(14(22)21(4)24-5)7-9-6-11(18)12(19)8-10(9)17/h6,8,13H,7H2,1-5H3,(H,20,23)/t13-/m1/s1. The van der Waals surface area contributed by atoms with E-state index in [0.29, 0.717) is 12.1 Å². The Morgan fingerprint density at radius 3 is 2.24 bits per heavy atom. The number of carbonyl (C=O) groups is 2. The van der Waals surface area contributed by atoms with E-state index in [2.05, 4.69) is 5.32 Å². The van der Waals surface area contributed by atoms with Gasteiger partial charge in [0.25, 0.3) is 5.91 Å². The second-order valence-electron chi connectivity index (χ2n) is 6.28. The number of rotatable bonds is 5. The predicted molar refractivity (Wildman–Crippen MR) is 83.0 cm³/mol. The van der Waals surface area contributed by atoms with Crippen molar-refractivity contribution in [2.45, 2.75) is 38.8 Å². The van der Waals surface area contributed by atoms with Crippen molar-refractivity contribution in [3.63, 3.8) is 0 Å². The van der Waals surface area contributed by atoms with Crippen LogP contribution in [0.2, 0.25) is 0 Å². The molecule has 0 spiro atoms. The molecule has 2 amide bonds. The number of nitrogens with zero attached hydrogens (tertiary/aromatic N) is 1. The Balaban J connectivity index is 3.05. The number of amides is 2. The average molecular weight is 362 g/mol. The number of hydroxylamine groups is 2. The molecule has 6 nitrogen and oxygen atoms in total. The van der Waals surface area contributed by atoms with E-state index in [9.17, 15) is 22.8 Å². The summed E-state index contributed by atoms with van der Waals surface area (Å²) in [7, 11) is 2.51. The number of hydrogen-bond acceptors (Lipinski definition) is 4. The van der Waals surface area contributed by atoms with Crippen molar-refractivity contribution in [2.75, 3.05) is 14.2 Å². The normalized spacial score (nSPS) is 12.5. The quantitative estimate of drug-likeness (QED) is 0.646. The molecular weight excluding hydrogens is 341 g/mol. The Bertz CT molecular complexity index is 647. The lowest BCUT2D eigenvalue weighted by Gasteiger charge is -2.25. The van der Waals surface area contributed by atoms with Crippen LogP contribution in [0.1, 0.15) is 26.3 Å². The van der Waals surface area contributed by atoms with Crippen molar-refractivity contribution in [2.24, 2.45) is 0 Å². The fraction of sp³-hybridized carbons (Fsp3) is 0.500. The number of likely N-dealkylation sites (N-methyl/N-ethyl adjacent to an activating group) is 1. The lowest BCUT2D eigenvalue weighted by molar-refractivity contribution is -0.171. The number of halogens is 3. The zero-order chi connectivity index (χ0) is 19.4. The zero-order valence-corrected chi connectivity index (χ0v) is 14.7. The molecule has 0 saturated carbocycles. The minimum absolute atomic E-state index is 0.280. The first-order chi connectivity index (χ1) is 11.4. The van der Waals surface area contributed by atoms with Crippen molar-refractivity contribution in [3.8, 4) is 0 Å². The zero-order valence-electron chi connectivity index (χ0n) is 14.7. The van der Waals surface area contributed by atoms with E-state index < -0.39 is 47.5 Å². The second kappa shape index (κ2) is 8.19. The van der Waals surface area contributed by atoms with Gasteiger partial charge in [0.05, 0.1) is 7.11 Å². The first kappa shape index (κ1) is 20.8. The maximum atomic E-state index is 13.8. The minimum atomic E-state index is -1.35. The molecule has 0 heterocycles. The maximum absolute atomic E-state index is 13.8. The van der Waals surface area contributed by atoms with E-state index in [1.807, 2.05) is 0 Å². The molecule has 0 fully saturated rings. The molecule has 1 aromatic carbocycles. The fourth-order valence-corrected chi connectivity index (χ4v) is 1.90. The van der Waals surface area contributed by atoms with E-state index >= 15 is 0 Å². The van der Waals surface area contributed by atoms with Crippen LogP contribution in [0.4, 0.5) is 18.0 Å². The molecule has 0 saturated heterocycles. The van der Waals surface area contributed by atoms with Crippen molar-refractivity contribution in [1.29, 1.82) is 0 Å². The summed E-state index contributed by atoms with van der Waals surface area (Å²) in [5.74, 6) is -4.38. The lowest BCUT2D eigenvalue weighted by atomic mass is 10.0. The van der Waals surface area contributed by atoms with Crippen LogP contribution in [0.15, 0.2) is 12.1 Å². The molecule has 1 aromatic rings. The first-order valence-electron chi connectivity index (χ1n) is 7.39. The molecule has 9 heteroatoms. The molecule has 25 heavy (non-hydrogen) atoms. The van der Waals surface area contributed by atoms with Gasteiger partial charge in [-0.25, -0.2) is 23.0 Å². The Morgan fingerprint density at radius 1 is 1.16 bits per heavy atom. The highest BCUT2D eigenvalue weighted by Gasteiger charge is 2.28. The molecule has 0 aromatic heterocycles. The Kier molecular flexibility index (Phi) is 6.80. The second-order valence-corrected chi connectivity index (χ2v) is 6.28. The van der Waals surface area contributed by atoms with Crippen LogP contribution in [0.25, 0.3) is 0 Å². The van der Waals surface area contributed by atoms with Crippen molar-refractivity contribution < 1.29 is 32.3 Å². The average Bonchev–Trinajstić information content (AvgIpc) is 2.48. The third-order valence-corrected chi connectivity index (χ3v) is 3.09. The number of benzene rings is 1. The molecule has 0 aliphatic carbocycles. The summed E-state index contributed by atoms with van der Waals surface area (Å²) in [4.78, 5) is 28.9. The highest BCUT2D eigenvalue weighted by Crippen LogP contribution is 2.16. The van der Waals surface area contributed by atoms with E-state index in [0.717, 1.165) is 5.06 Å². The molecule has 0 radical (unpaired) electrons. The van der Waals surface area contributed by atoms with Gasteiger partial charge in [0.1, 0.15) is 17.5 Å². The summed E-state index contributed by atoms with van der Waals surface area (Å²) >= 11 is 0. The summed E-state index contributed by atoms with van der Waals surface area (Å²) in [5.41, 5.74) is -1.10. The minimum Gasteiger partial charge on any atom is -0.444 e. The van der Waals surface area contributed by atoms with Crippen LogP contribution < -0.4 is 5.32 Å². The van der Waals surface area contributed by atoms with Crippen molar-refractivity contribution in [3.05, 3.63) is 35.1 Å². The van der Waals surface area contributed by atoms with Crippen LogP contribution >= 0.6 is 0 Å². The fourth-order valence-electron chi connectivity index (χ4n) is 1.90. The van der Waals surface area contributed by atoms with Gasteiger partial charge in [0.2, 0.25) is 0 Å². The van der Waals surface area contributed by atoms with Crippen LogP contribution in [-0.4, -0.2) is 42.9 Å². The highest BCUT2D eigenvalue weighted by molar-refractivity contribution is 5.85. The largest absolute Gasteiger partial charge is 0.444 e. The van der Waals surface area contributed by atoms with Gasteiger partial charge in [-0.15, -0.1) is 0 Å². The third-order valence-electron chi connectivity index (χ3n) is 3.09. The van der Waals surface area contributed by atoms with Gasteiger partial charge in [-0.3, -0.25) is 9.63 Å². The third kappa shape index (κ3) is 6.26. The molecule has 1 atom stereocenters. The molecular formula is C16H21F3N2O4. The maximum Gasteiger partial charge on any atom is 0.408 e. The summed E-state index contributed by atoms with van der Waals surface area (Å²) in [5, 5.41) is 3.10. The van der Waals surface area contributed by atoms with Crippen LogP contribution in [0.3, 0.4) is 0 Å². The Labute approximate surface area is 143 Å². The molecule has 0 bridgehead atoms.